The van der Waals surface area contributed by atoms with Crippen LogP contribution in [0, 0.1) is 11.8 Å². The minimum absolute atomic E-state index is 0.838. The third-order valence-electron chi connectivity index (χ3n) is 3.95. The Kier molecular flexibility index (Phi) is 3.48. The molecule has 0 aliphatic heterocycles. The van der Waals surface area contributed by atoms with E-state index in [9.17, 15) is 0 Å². The normalized spacial score (nSPS) is 34.5. The lowest BCUT2D eigenvalue weighted by Gasteiger charge is -2.29. The first kappa shape index (κ1) is 10.5. The second kappa shape index (κ2) is 4.65. The highest BCUT2D eigenvalue weighted by Gasteiger charge is 2.31. The van der Waals surface area contributed by atoms with Crippen LogP contribution in [0.3, 0.4) is 0 Å². The Morgan fingerprint density at radius 3 is 2.29 bits per heavy atom. The van der Waals surface area contributed by atoms with E-state index in [2.05, 4.69) is 19.2 Å². The molecule has 0 bridgehead atoms. The Bertz CT molecular complexity index is 172. The van der Waals surface area contributed by atoms with Crippen molar-refractivity contribution in [2.24, 2.45) is 11.8 Å². The van der Waals surface area contributed by atoms with Crippen molar-refractivity contribution in [2.75, 3.05) is 0 Å². The molecule has 2 aliphatic carbocycles. The lowest BCUT2D eigenvalue weighted by molar-refractivity contribution is 0.259. The number of nitrogens with one attached hydrogen (secondary N) is 1. The minimum Gasteiger partial charge on any atom is -0.311 e. The standard InChI is InChI=1S/C13H25N/c1-10(2)12-6-4-3-5-7-13(12)14-11-8-9-11/h10-14H,3-9H2,1-2H3. The van der Waals surface area contributed by atoms with Crippen LogP contribution < -0.4 is 5.32 Å². The van der Waals surface area contributed by atoms with E-state index in [1.54, 1.807) is 0 Å². The van der Waals surface area contributed by atoms with E-state index >= 15 is 0 Å². The maximum atomic E-state index is 3.86. The summed E-state index contributed by atoms with van der Waals surface area (Å²) in [5.41, 5.74) is 0. The van der Waals surface area contributed by atoms with Crippen LogP contribution in [0.5, 0.6) is 0 Å². The zero-order chi connectivity index (χ0) is 9.97. The van der Waals surface area contributed by atoms with Crippen LogP contribution in [0.25, 0.3) is 0 Å². The molecule has 0 amide bonds. The maximum absolute atomic E-state index is 3.86. The summed E-state index contributed by atoms with van der Waals surface area (Å²) in [6.07, 6.45) is 10.1. The molecule has 0 aromatic heterocycles. The lowest BCUT2D eigenvalue weighted by Crippen LogP contribution is -2.39. The van der Waals surface area contributed by atoms with E-state index < -0.39 is 0 Å². The third-order valence-corrected chi connectivity index (χ3v) is 3.95. The molecule has 1 nitrogen and oxygen atoms in total. The molecular weight excluding hydrogens is 170 g/mol. The summed E-state index contributed by atoms with van der Waals surface area (Å²) >= 11 is 0. The molecule has 2 aliphatic rings. The van der Waals surface area contributed by atoms with Gasteiger partial charge in [0.25, 0.3) is 0 Å². The molecule has 14 heavy (non-hydrogen) atoms. The van der Waals surface area contributed by atoms with Gasteiger partial charge in [-0.25, -0.2) is 0 Å². The lowest BCUT2D eigenvalue weighted by atomic mass is 9.85. The molecule has 2 rings (SSSR count). The van der Waals surface area contributed by atoms with Gasteiger partial charge in [-0.2, -0.15) is 0 Å². The van der Waals surface area contributed by atoms with Gasteiger partial charge < -0.3 is 5.32 Å². The van der Waals surface area contributed by atoms with Gasteiger partial charge in [0.15, 0.2) is 0 Å². The fourth-order valence-electron chi connectivity index (χ4n) is 2.89. The van der Waals surface area contributed by atoms with Gasteiger partial charge in [0.2, 0.25) is 0 Å². The SMILES string of the molecule is CC(C)C1CCCCCC1NC1CC1. The fourth-order valence-corrected chi connectivity index (χ4v) is 2.89. The van der Waals surface area contributed by atoms with Crippen LogP contribution in [0.15, 0.2) is 0 Å². The molecule has 0 radical (unpaired) electrons. The second-order valence-electron chi connectivity index (χ2n) is 5.59. The Morgan fingerprint density at radius 2 is 1.64 bits per heavy atom. The maximum Gasteiger partial charge on any atom is 0.0100 e. The van der Waals surface area contributed by atoms with Gasteiger partial charge in [-0.15, -0.1) is 0 Å². The first-order chi connectivity index (χ1) is 6.77. The van der Waals surface area contributed by atoms with Gasteiger partial charge >= 0.3 is 0 Å². The van der Waals surface area contributed by atoms with Crippen molar-refractivity contribution in [3.63, 3.8) is 0 Å². The summed E-state index contributed by atoms with van der Waals surface area (Å²) in [7, 11) is 0. The van der Waals surface area contributed by atoms with E-state index in [-0.39, 0.29) is 0 Å². The molecule has 2 unspecified atom stereocenters. The summed E-state index contributed by atoms with van der Waals surface area (Å²) < 4.78 is 0. The van der Waals surface area contributed by atoms with E-state index in [1.165, 1.54) is 44.9 Å². The van der Waals surface area contributed by atoms with Gasteiger partial charge in [-0.1, -0.05) is 33.1 Å². The Morgan fingerprint density at radius 1 is 0.929 bits per heavy atom. The summed E-state index contributed by atoms with van der Waals surface area (Å²) in [5.74, 6) is 1.81. The minimum atomic E-state index is 0.838. The van der Waals surface area contributed by atoms with E-state index in [1.807, 2.05) is 0 Å². The smallest absolute Gasteiger partial charge is 0.0100 e. The average Bonchev–Trinajstić information content (AvgIpc) is 2.92. The highest BCUT2D eigenvalue weighted by atomic mass is 15.0. The van der Waals surface area contributed by atoms with Crippen molar-refractivity contribution in [3.05, 3.63) is 0 Å². The fraction of sp³-hybridized carbons (Fsp3) is 1.00. The number of hydrogen-bond donors (Lipinski definition) is 1. The zero-order valence-corrected chi connectivity index (χ0v) is 9.76. The molecule has 2 atom stereocenters. The Labute approximate surface area is 88.7 Å². The van der Waals surface area contributed by atoms with E-state index in [4.69, 9.17) is 0 Å². The van der Waals surface area contributed by atoms with Crippen molar-refractivity contribution in [1.82, 2.24) is 5.32 Å². The van der Waals surface area contributed by atoms with Gasteiger partial charge in [0.1, 0.15) is 0 Å². The van der Waals surface area contributed by atoms with E-state index in [0.29, 0.717) is 0 Å². The first-order valence-corrected chi connectivity index (χ1v) is 6.53. The Balaban J connectivity index is 1.91. The van der Waals surface area contributed by atoms with Crippen LogP contribution in [-0.2, 0) is 0 Å². The summed E-state index contributed by atoms with van der Waals surface area (Å²) in [6.45, 7) is 4.80. The molecule has 2 fully saturated rings. The van der Waals surface area contributed by atoms with E-state index in [0.717, 1.165) is 23.9 Å². The Hall–Kier alpha value is -0.0400. The monoisotopic (exact) mass is 195 g/mol. The predicted octanol–water partition coefficient (Wildman–Crippen LogP) is 3.34. The van der Waals surface area contributed by atoms with Crippen LogP contribution in [-0.4, -0.2) is 12.1 Å². The molecule has 1 heteroatoms. The molecule has 0 aromatic carbocycles. The first-order valence-electron chi connectivity index (χ1n) is 6.53. The molecule has 1 N–H and O–H groups in total. The van der Waals surface area contributed by atoms with Gasteiger partial charge in [-0.3, -0.25) is 0 Å². The third kappa shape index (κ3) is 2.73. The zero-order valence-electron chi connectivity index (χ0n) is 9.76. The highest BCUT2D eigenvalue weighted by molar-refractivity contribution is 4.89. The number of rotatable bonds is 3. The predicted molar refractivity (Wildman–Crippen MR) is 61.4 cm³/mol. The molecule has 0 heterocycles. The van der Waals surface area contributed by atoms with Gasteiger partial charge in [-0.05, 0) is 37.5 Å². The molecule has 0 spiro atoms. The highest BCUT2D eigenvalue weighted by Crippen LogP contribution is 2.31. The van der Waals surface area contributed by atoms with Crippen molar-refractivity contribution in [3.8, 4) is 0 Å². The molecule has 82 valence electrons. The van der Waals surface area contributed by atoms with Crippen LogP contribution in [0.4, 0.5) is 0 Å². The van der Waals surface area contributed by atoms with Crippen molar-refractivity contribution >= 4 is 0 Å². The number of hydrogen-bond acceptors (Lipinski definition) is 1. The topological polar surface area (TPSA) is 12.0 Å². The van der Waals surface area contributed by atoms with Crippen LogP contribution >= 0.6 is 0 Å². The molecule has 0 aromatic rings. The van der Waals surface area contributed by atoms with Crippen molar-refractivity contribution < 1.29 is 0 Å². The van der Waals surface area contributed by atoms with Crippen LogP contribution in [0.1, 0.15) is 58.8 Å². The molecule has 2 saturated carbocycles. The summed E-state index contributed by atoms with van der Waals surface area (Å²) in [4.78, 5) is 0. The summed E-state index contributed by atoms with van der Waals surface area (Å²) in [5, 5.41) is 3.86. The second-order valence-corrected chi connectivity index (χ2v) is 5.59. The largest absolute Gasteiger partial charge is 0.311 e. The van der Waals surface area contributed by atoms with Crippen molar-refractivity contribution in [2.45, 2.75) is 70.9 Å². The average molecular weight is 195 g/mol. The van der Waals surface area contributed by atoms with Crippen LogP contribution in [0.2, 0.25) is 0 Å². The molecular formula is C13H25N. The summed E-state index contributed by atoms with van der Waals surface area (Å²) in [6, 6.07) is 1.73. The van der Waals surface area contributed by atoms with Gasteiger partial charge in [0, 0.05) is 12.1 Å². The van der Waals surface area contributed by atoms with Gasteiger partial charge in [0.05, 0.1) is 0 Å². The van der Waals surface area contributed by atoms with Crippen molar-refractivity contribution in [1.29, 1.82) is 0 Å². The quantitative estimate of drug-likeness (QED) is 0.681. The molecule has 0 saturated heterocycles.